The molecule has 0 aliphatic carbocycles. The van der Waals surface area contributed by atoms with Crippen molar-refractivity contribution in [2.75, 3.05) is 0 Å². The third-order valence-electron chi connectivity index (χ3n) is 4.14. The van der Waals surface area contributed by atoms with Gasteiger partial charge < -0.3 is 10.2 Å². The maximum Gasteiger partial charge on any atom is 0.0799 e. The summed E-state index contributed by atoms with van der Waals surface area (Å²) in [6, 6.07) is 0. The van der Waals surface area contributed by atoms with E-state index in [1.807, 2.05) is 6.92 Å². The number of hydrogen-bond donors (Lipinski definition) is 2. The van der Waals surface area contributed by atoms with Gasteiger partial charge in [-0.2, -0.15) is 0 Å². The zero-order valence-corrected chi connectivity index (χ0v) is 14.1. The lowest BCUT2D eigenvalue weighted by Crippen LogP contribution is -2.24. The van der Waals surface area contributed by atoms with Crippen molar-refractivity contribution < 1.29 is 10.2 Å². The van der Waals surface area contributed by atoms with Crippen LogP contribution in [0.1, 0.15) is 97.8 Å². The van der Waals surface area contributed by atoms with E-state index in [2.05, 4.69) is 13.8 Å². The number of rotatable bonds is 14. The molecule has 0 aliphatic heterocycles. The highest BCUT2D eigenvalue weighted by Gasteiger charge is 2.12. The van der Waals surface area contributed by atoms with Crippen LogP contribution in [0.3, 0.4) is 0 Å². The van der Waals surface area contributed by atoms with Crippen molar-refractivity contribution in [3.8, 4) is 0 Å². The standard InChI is InChI=1S/C18H38O2/c1-4-17(19)18(20)15-13-11-9-7-5-6-8-10-12-14-16(2)3/h16-20H,4-15H2,1-3H3. The van der Waals surface area contributed by atoms with E-state index in [0.29, 0.717) is 6.42 Å². The second-order valence-corrected chi connectivity index (χ2v) is 6.70. The molecule has 2 nitrogen and oxygen atoms in total. The molecule has 20 heavy (non-hydrogen) atoms. The maximum atomic E-state index is 9.63. The molecule has 2 N–H and O–H groups in total. The molecule has 0 bridgehead atoms. The van der Waals surface area contributed by atoms with Gasteiger partial charge in [0.2, 0.25) is 0 Å². The number of aliphatic hydroxyl groups is 2. The Morgan fingerprint density at radius 3 is 1.40 bits per heavy atom. The fourth-order valence-electron chi connectivity index (χ4n) is 2.61. The molecule has 0 aliphatic rings. The molecule has 0 spiro atoms. The van der Waals surface area contributed by atoms with Crippen LogP contribution in [0.2, 0.25) is 0 Å². The SMILES string of the molecule is CCC(O)C(O)CCCCCCCCCCCC(C)C. The fourth-order valence-corrected chi connectivity index (χ4v) is 2.61. The van der Waals surface area contributed by atoms with E-state index >= 15 is 0 Å². The molecule has 0 amide bonds. The van der Waals surface area contributed by atoms with Crippen LogP contribution in [-0.4, -0.2) is 22.4 Å². The van der Waals surface area contributed by atoms with Gasteiger partial charge in [-0.25, -0.2) is 0 Å². The van der Waals surface area contributed by atoms with Crippen molar-refractivity contribution in [1.82, 2.24) is 0 Å². The van der Waals surface area contributed by atoms with E-state index in [0.717, 1.165) is 18.8 Å². The number of unbranched alkanes of at least 4 members (excludes halogenated alkanes) is 8. The van der Waals surface area contributed by atoms with E-state index < -0.39 is 12.2 Å². The molecule has 0 fully saturated rings. The Bertz CT molecular complexity index is 192. The molecular formula is C18H38O2. The molecule has 0 radical (unpaired) electrons. The highest BCUT2D eigenvalue weighted by atomic mass is 16.3. The summed E-state index contributed by atoms with van der Waals surface area (Å²) in [4.78, 5) is 0. The Balaban J connectivity index is 3.13. The Hall–Kier alpha value is -0.0800. The van der Waals surface area contributed by atoms with Crippen LogP contribution in [0, 0.1) is 5.92 Å². The van der Waals surface area contributed by atoms with Crippen LogP contribution in [0.5, 0.6) is 0 Å². The summed E-state index contributed by atoms with van der Waals surface area (Å²) < 4.78 is 0. The summed E-state index contributed by atoms with van der Waals surface area (Å²) in [5, 5.41) is 19.1. The minimum absolute atomic E-state index is 0.513. The summed E-state index contributed by atoms with van der Waals surface area (Å²) in [6.07, 6.45) is 13.5. The van der Waals surface area contributed by atoms with Crippen molar-refractivity contribution in [1.29, 1.82) is 0 Å². The molecule has 0 rings (SSSR count). The van der Waals surface area contributed by atoms with Crippen molar-refractivity contribution >= 4 is 0 Å². The zero-order valence-electron chi connectivity index (χ0n) is 14.1. The van der Waals surface area contributed by atoms with Gasteiger partial charge in [-0.05, 0) is 18.8 Å². The van der Waals surface area contributed by atoms with Gasteiger partial charge in [0.15, 0.2) is 0 Å². The normalized spacial score (nSPS) is 14.7. The predicted octanol–water partition coefficient (Wildman–Crippen LogP) is 5.07. The average Bonchev–Trinajstić information content (AvgIpc) is 2.43. The van der Waals surface area contributed by atoms with Crippen molar-refractivity contribution in [2.24, 2.45) is 5.92 Å². The minimum Gasteiger partial charge on any atom is -0.390 e. The van der Waals surface area contributed by atoms with Crippen molar-refractivity contribution in [3.63, 3.8) is 0 Å². The van der Waals surface area contributed by atoms with Crippen molar-refractivity contribution in [2.45, 2.75) is 110 Å². The van der Waals surface area contributed by atoms with Crippen LogP contribution in [-0.2, 0) is 0 Å². The molecular weight excluding hydrogens is 248 g/mol. The third kappa shape index (κ3) is 12.9. The summed E-state index contributed by atoms with van der Waals surface area (Å²) >= 11 is 0. The van der Waals surface area contributed by atoms with Gasteiger partial charge in [0.1, 0.15) is 0 Å². The molecule has 2 atom stereocenters. The lowest BCUT2D eigenvalue weighted by Gasteiger charge is -2.15. The van der Waals surface area contributed by atoms with Gasteiger partial charge in [-0.1, -0.05) is 85.0 Å². The Labute approximate surface area is 127 Å². The first-order chi connectivity index (χ1) is 9.57. The van der Waals surface area contributed by atoms with E-state index in [-0.39, 0.29) is 0 Å². The van der Waals surface area contributed by atoms with E-state index in [1.54, 1.807) is 0 Å². The second kappa shape index (κ2) is 13.9. The Morgan fingerprint density at radius 2 is 1.00 bits per heavy atom. The van der Waals surface area contributed by atoms with Gasteiger partial charge >= 0.3 is 0 Å². The highest BCUT2D eigenvalue weighted by Crippen LogP contribution is 2.14. The first kappa shape index (κ1) is 19.9. The monoisotopic (exact) mass is 286 g/mol. The predicted molar refractivity (Wildman–Crippen MR) is 87.9 cm³/mol. The Morgan fingerprint density at radius 1 is 0.600 bits per heavy atom. The van der Waals surface area contributed by atoms with Crippen LogP contribution in [0.15, 0.2) is 0 Å². The number of hydrogen-bond acceptors (Lipinski definition) is 2. The van der Waals surface area contributed by atoms with Gasteiger partial charge in [0.25, 0.3) is 0 Å². The molecule has 2 heteroatoms. The van der Waals surface area contributed by atoms with Crippen molar-refractivity contribution in [3.05, 3.63) is 0 Å². The summed E-state index contributed by atoms with van der Waals surface area (Å²) in [5.74, 6) is 0.858. The average molecular weight is 286 g/mol. The fraction of sp³-hybridized carbons (Fsp3) is 1.00. The second-order valence-electron chi connectivity index (χ2n) is 6.70. The first-order valence-electron chi connectivity index (χ1n) is 8.94. The summed E-state index contributed by atoms with van der Waals surface area (Å²) in [7, 11) is 0. The molecule has 0 saturated carbocycles. The largest absolute Gasteiger partial charge is 0.390 e. The Kier molecular flexibility index (Phi) is 13.8. The molecule has 0 aromatic heterocycles. The smallest absolute Gasteiger partial charge is 0.0799 e. The van der Waals surface area contributed by atoms with Crippen LogP contribution >= 0.6 is 0 Å². The number of aliphatic hydroxyl groups excluding tert-OH is 2. The van der Waals surface area contributed by atoms with E-state index in [1.165, 1.54) is 57.8 Å². The van der Waals surface area contributed by atoms with Gasteiger partial charge in [-0.15, -0.1) is 0 Å². The third-order valence-corrected chi connectivity index (χ3v) is 4.14. The minimum atomic E-state index is -0.527. The van der Waals surface area contributed by atoms with Crippen LogP contribution in [0.25, 0.3) is 0 Å². The highest BCUT2D eigenvalue weighted by molar-refractivity contribution is 4.65. The van der Waals surface area contributed by atoms with E-state index in [9.17, 15) is 10.2 Å². The van der Waals surface area contributed by atoms with Gasteiger partial charge in [-0.3, -0.25) is 0 Å². The molecule has 0 heterocycles. The summed E-state index contributed by atoms with van der Waals surface area (Å²) in [6.45, 7) is 6.52. The quantitative estimate of drug-likeness (QED) is 0.438. The zero-order chi connectivity index (χ0) is 15.2. The topological polar surface area (TPSA) is 40.5 Å². The maximum absolute atomic E-state index is 9.63. The lowest BCUT2D eigenvalue weighted by molar-refractivity contribution is 0.0114. The van der Waals surface area contributed by atoms with Crippen LogP contribution < -0.4 is 0 Å². The molecule has 0 aromatic carbocycles. The van der Waals surface area contributed by atoms with Gasteiger partial charge in [0.05, 0.1) is 12.2 Å². The molecule has 122 valence electrons. The lowest BCUT2D eigenvalue weighted by atomic mass is 10.0. The molecule has 0 aromatic rings. The molecule has 0 saturated heterocycles. The summed E-state index contributed by atoms with van der Waals surface area (Å²) in [5.41, 5.74) is 0. The molecule has 2 unspecified atom stereocenters. The van der Waals surface area contributed by atoms with E-state index in [4.69, 9.17) is 0 Å². The first-order valence-corrected chi connectivity index (χ1v) is 8.94. The van der Waals surface area contributed by atoms with Crippen LogP contribution in [0.4, 0.5) is 0 Å². The van der Waals surface area contributed by atoms with Gasteiger partial charge in [0, 0.05) is 0 Å².